The van der Waals surface area contributed by atoms with Crippen molar-refractivity contribution in [1.29, 1.82) is 0 Å². The van der Waals surface area contributed by atoms with Crippen LogP contribution >= 0.6 is 23.4 Å². The van der Waals surface area contributed by atoms with Crippen molar-refractivity contribution in [2.45, 2.75) is 50.4 Å². The Balaban J connectivity index is 1.71. The maximum absolute atomic E-state index is 6.33. The van der Waals surface area contributed by atoms with E-state index in [1.54, 1.807) is 0 Å². The van der Waals surface area contributed by atoms with E-state index in [9.17, 15) is 0 Å². The van der Waals surface area contributed by atoms with Gasteiger partial charge in [0.05, 0.1) is 12.7 Å². The molecule has 0 bridgehead atoms. The number of thioether (sulfide) groups is 1. The van der Waals surface area contributed by atoms with Crippen molar-refractivity contribution >= 4 is 23.4 Å². The van der Waals surface area contributed by atoms with Crippen LogP contribution in [0.15, 0.2) is 41.5 Å². The molecular formula is C19H23ClOS. The van der Waals surface area contributed by atoms with Crippen molar-refractivity contribution in [3.8, 4) is 0 Å². The zero-order valence-corrected chi connectivity index (χ0v) is 15.0. The molecule has 1 aromatic carbocycles. The van der Waals surface area contributed by atoms with E-state index in [4.69, 9.17) is 16.3 Å². The zero-order valence-electron chi connectivity index (χ0n) is 13.4. The van der Waals surface area contributed by atoms with E-state index in [1.165, 1.54) is 16.7 Å². The number of benzene rings is 1. The van der Waals surface area contributed by atoms with E-state index in [1.807, 2.05) is 17.8 Å². The van der Waals surface area contributed by atoms with E-state index >= 15 is 0 Å². The monoisotopic (exact) mass is 334 g/mol. The molecule has 1 aromatic rings. The summed E-state index contributed by atoms with van der Waals surface area (Å²) < 4.78 is 6.33. The van der Waals surface area contributed by atoms with Gasteiger partial charge in [-0.15, -0.1) is 0 Å². The number of hydrogen-bond donors (Lipinski definition) is 0. The Labute approximate surface area is 142 Å². The Hall–Kier alpha value is -0.700. The van der Waals surface area contributed by atoms with Gasteiger partial charge in [-0.05, 0) is 37.5 Å². The van der Waals surface area contributed by atoms with Gasteiger partial charge in [0.2, 0.25) is 0 Å². The van der Waals surface area contributed by atoms with Crippen molar-refractivity contribution in [2.24, 2.45) is 5.92 Å². The Morgan fingerprint density at radius 1 is 1.32 bits per heavy atom. The first-order valence-corrected chi connectivity index (χ1v) is 9.23. The van der Waals surface area contributed by atoms with Crippen LogP contribution in [-0.4, -0.2) is 16.6 Å². The van der Waals surface area contributed by atoms with Gasteiger partial charge in [0, 0.05) is 21.5 Å². The molecule has 0 radical (unpaired) electrons. The van der Waals surface area contributed by atoms with Gasteiger partial charge in [0.1, 0.15) is 0 Å². The quantitative estimate of drug-likeness (QED) is 0.732. The van der Waals surface area contributed by atoms with E-state index < -0.39 is 0 Å². The molecule has 0 unspecified atom stereocenters. The van der Waals surface area contributed by atoms with Crippen LogP contribution in [0.2, 0.25) is 0 Å². The van der Waals surface area contributed by atoms with Gasteiger partial charge in [-0.25, -0.2) is 0 Å². The van der Waals surface area contributed by atoms with Crippen LogP contribution in [-0.2, 0) is 11.3 Å². The number of allylic oxidation sites excluding steroid dienone is 2. The van der Waals surface area contributed by atoms with Crippen molar-refractivity contribution in [2.75, 3.05) is 0 Å². The second-order valence-electron chi connectivity index (χ2n) is 6.41. The van der Waals surface area contributed by atoms with E-state index in [2.05, 4.69) is 51.1 Å². The standard InChI is InChI=1S/C19H23ClOS/c1-12-4-5-15(13(2)8-12)11-21-18-9-14(3)22-19-7-6-16(20)10-17(18)19/h4-8,10,14,17-19H,9,11H2,1-3H3/t14-,17+,18-,19+/m0/s1. The molecule has 0 N–H and O–H groups in total. The average Bonchev–Trinajstić information content (AvgIpc) is 2.46. The predicted octanol–water partition coefficient (Wildman–Crippen LogP) is 5.39. The summed E-state index contributed by atoms with van der Waals surface area (Å²) in [5.41, 5.74) is 3.90. The van der Waals surface area contributed by atoms with Crippen molar-refractivity contribution in [1.82, 2.24) is 0 Å². The number of fused-ring (bicyclic) bond motifs is 1. The molecule has 1 aliphatic heterocycles. The fourth-order valence-electron chi connectivity index (χ4n) is 3.30. The molecule has 0 amide bonds. The number of ether oxygens (including phenoxy) is 1. The normalized spacial score (nSPS) is 30.8. The van der Waals surface area contributed by atoms with Crippen LogP contribution in [0.25, 0.3) is 0 Å². The maximum Gasteiger partial charge on any atom is 0.0723 e. The van der Waals surface area contributed by atoms with Gasteiger partial charge in [0.25, 0.3) is 0 Å². The fraction of sp³-hybridized carbons (Fsp3) is 0.474. The first-order valence-electron chi connectivity index (χ1n) is 7.91. The minimum Gasteiger partial charge on any atom is -0.373 e. The highest BCUT2D eigenvalue weighted by Gasteiger charge is 2.36. The third kappa shape index (κ3) is 3.61. The summed E-state index contributed by atoms with van der Waals surface area (Å²) in [5, 5.41) is 1.96. The minimum atomic E-state index is 0.251. The van der Waals surface area contributed by atoms with Gasteiger partial charge in [-0.1, -0.05) is 54.4 Å². The Morgan fingerprint density at radius 3 is 2.91 bits per heavy atom. The number of aryl methyl sites for hydroxylation is 2. The molecule has 2 aliphatic rings. The zero-order chi connectivity index (χ0) is 15.7. The lowest BCUT2D eigenvalue weighted by Gasteiger charge is -2.39. The van der Waals surface area contributed by atoms with Crippen molar-refractivity contribution in [3.63, 3.8) is 0 Å². The Kier molecular flexibility index (Phi) is 5.01. The summed E-state index contributed by atoms with van der Waals surface area (Å²) in [6, 6.07) is 6.57. The second kappa shape index (κ2) is 6.82. The SMILES string of the molecule is Cc1ccc(CO[C@H]2C[C@H](C)S[C@@H]3C=CC(Cl)=C[C@H]23)c(C)c1. The number of hydrogen-bond acceptors (Lipinski definition) is 2. The summed E-state index contributed by atoms with van der Waals surface area (Å²) in [6.45, 7) is 7.27. The molecule has 0 aromatic heterocycles. The molecule has 22 heavy (non-hydrogen) atoms. The molecule has 1 fully saturated rings. The van der Waals surface area contributed by atoms with Crippen LogP contribution in [0.3, 0.4) is 0 Å². The molecule has 1 nitrogen and oxygen atoms in total. The molecule has 1 heterocycles. The second-order valence-corrected chi connectivity index (χ2v) is 8.47. The third-order valence-electron chi connectivity index (χ3n) is 4.51. The van der Waals surface area contributed by atoms with E-state index in [0.717, 1.165) is 11.5 Å². The van der Waals surface area contributed by atoms with Crippen LogP contribution < -0.4 is 0 Å². The van der Waals surface area contributed by atoms with Crippen LogP contribution in [0.4, 0.5) is 0 Å². The smallest absolute Gasteiger partial charge is 0.0723 e. The number of halogens is 1. The minimum absolute atomic E-state index is 0.251. The lowest BCUT2D eigenvalue weighted by atomic mass is 9.90. The molecule has 3 heteroatoms. The Morgan fingerprint density at radius 2 is 2.14 bits per heavy atom. The summed E-state index contributed by atoms with van der Waals surface area (Å²) in [7, 11) is 0. The van der Waals surface area contributed by atoms with Gasteiger partial charge in [-0.3, -0.25) is 0 Å². The van der Waals surface area contributed by atoms with Crippen LogP contribution in [0.1, 0.15) is 30.0 Å². The molecule has 0 spiro atoms. The van der Waals surface area contributed by atoms with E-state index in [0.29, 0.717) is 23.0 Å². The highest BCUT2D eigenvalue weighted by molar-refractivity contribution is 8.00. The summed E-state index contributed by atoms with van der Waals surface area (Å²) in [6.07, 6.45) is 7.78. The molecule has 0 saturated carbocycles. The molecule has 118 valence electrons. The first-order chi connectivity index (χ1) is 10.5. The average molecular weight is 335 g/mol. The lowest BCUT2D eigenvalue weighted by Crippen LogP contribution is -2.38. The van der Waals surface area contributed by atoms with Crippen LogP contribution in [0, 0.1) is 19.8 Å². The highest BCUT2D eigenvalue weighted by Crippen LogP contribution is 2.42. The van der Waals surface area contributed by atoms with Gasteiger partial charge in [0.15, 0.2) is 0 Å². The lowest BCUT2D eigenvalue weighted by molar-refractivity contribution is 0.00694. The summed E-state index contributed by atoms with van der Waals surface area (Å²) in [5.74, 6) is 0.393. The largest absolute Gasteiger partial charge is 0.373 e. The molecule has 4 atom stereocenters. The van der Waals surface area contributed by atoms with Gasteiger partial charge >= 0.3 is 0 Å². The predicted molar refractivity (Wildman–Crippen MR) is 96.5 cm³/mol. The topological polar surface area (TPSA) is 9.23 Å². The Bertz CT molecular complexity index is 607. The first kappa shape index (κ1) is 16.2. The summed E-state index contributed by atoms with van der Waals surface area (Å²) in [4.78, 5) is 0. The summed E-state index contributed by atoms with van der Waals surface area (Å²) >= 11 is 8.24. The highest BCUT2D eigenvalue weighted by atomic mass is 35.5. The third-order valence-corrected chi connectivity index (χ3v) is 6.20. The fourth-order valence-corrected chi connectivity index (χ4v) is 4.96. The molecule has 3 rings (SSSR count). The molecular weight excluding hydrogens is 312 g/mol. The van der Waals surface area contributed by atoms with E-state index in [-0.39, 0.29) is 6.10 Å². The van der Waals surface area contributed by atoms with Crippen molar-refractivity contribution in [3.05, 3.63) is 58.1 Å². The van der Waals surface area contributed by atoms with Gasteiger partial charge in [-0.2, -0.15) is 11.8 Å². The number of rotatable bonds is 3. The van der Waals surface area contributed by atoms with Gasteiger partial charge < -0.3 is 4.74 Å². The maximum atomic E-state index is 6.33. The van der Waals surface area contributed by atoms with Crippen molar-refractivity contribution < 1.29 is 4.74 Å². The van der Waals surface area contributed by atoms with Crippen LogP contribution in [0.5, 0.6) is 0 Å². The molecule has 1 saturated heterocycles. The molecule has 1 aliphatic carbocycles.